The minimum absolute atomic E-state index is 0.278. The van der Waals surface area contributed by atoms with Gasteiger partial charge >= 0.3 is 5.97 Å². The number of hydrogen-bond acceptors (Lipinski definition) is 3. The molecule has 0 heterocycles. The van der Waals surface area contributed by atoms with Gasteiger partial charge in [-0.1, -0.05) is 33.3 Å². The van der Waals surface area contributed by atoms with E-state index in [4.69, 9.17) is 9.47 Å². The van der Waals surface area contributed by atoms with Crippen LogP contribution in [0.2, 0.25) is 0 Å². The average Bonchev–Trinajstić information content (AvgIpc) is 2.38. The van der Waals surface area contributed by atoms with Gasteiger partial charge < -0.3 is 9.47 Å². The minimum atomic E-state index is -0.510. The Morgan fingerprint density at radius 2 is 1.95 bits per heavy atom. The lowest BCUT2D eigenvalue weighted by Gasteiger charge is -2.18. The third-order valence-corrected chi connectivity index (χ3v) is 3.24. The van der Waals surface area contributed by atoms with Gasteiger partial charge in [-0.05, 0) is 49.4 Å². The summed E-state index contributed by atoms with van der Waals surface area (Å²) in [6.45, 7) is 10.6. The quantitative estimate of drug-likeness (QED) is 0.700. The van der Waals surface area contributed by atoms with Crippen LogP contribution < -0.4 is 4.74 Å². The van der Waals surface area contributed by atoms with E-state index < -0.39 is 6.10 Å². The molecule has 0 fully saturated rings. The molecule has 0 saturated carbocycles. The Labute approximate surface area is 122 Å². The first-order valence-corrected chi connectivity index (χ1v) is 7.43. The first-order valence-electron chi connectivity index (χ1n) is 7.43. The molecule has 1 aromatic carbocycles. The predicted molar refractivity (Wildman–Crippen MR) is 81.2 cm³/mol. The highest BCUT2D eigenvalue weighted by Gasteiger charge is 2.21. The monoisotopic (exact) mass is 278 g/mol. The van der Waals surface area contributed by atoms with E-state index in [0.29, 0.717) is 18.9 Å². The zero-order chi connectivity index (χ0) is 15.1. The lowest BCUT2D eigenvalue weighted by Crippen LogP contribution is -2.29. The van der Waals surface area contributed by atoms with Gasteiger partial charge in [0.15, 0.2) is 6.10 Å². The van der Waals surface area contributed by atoms with Gasteiger partial charge in [-0.15, -0.1) is 0 Å². The second-order valence-corrected chi connectivity index (χ2v) is 5.32. The largest absolute Gasteiger partial charge is 0.479 e. The molecule has 3 nitrogen and oxygen atoms in total. The van der Waals surface area contributed by atoms with Crippen LogP contribution in [0.25, 0.3) is 0 Å². The Balaban J connectivity index is 2.83. The van der Waals surface area contributed by atoms with Gasteiger partial charge in [-0.3, -0.25) is 0 Å². The number of hydrogen-bond donors (Lipinski definition) is 0. The predicted octanol–water partition coefficient (Wildman–Crippen LogP) is 4.23. The maximum atomic E-state index is 11.9. The smallest absolute Gasteiger partial charge is 0.347 e. The first-order chi connectivity index (χ1) is 9.49. The Morgan fingerprint density at radius 1 is 1.25 bits per heavy atom. The molecule has 3 heteroatoms. The normalized spacial score (nSPS) is 12.3. The van der Waals surface area contributed by atoms with E-state index >= 15 is 0 Å². The molecule has 0 saturated heterocycles. The zero-order valence-electron chi connectivity index (χ0n) is 13.2. The van der Waals surface area contributed by atoms with Crippen molar-refractivity contribution < 1.29 is 14.3 Å². The second kappa shape index (κ2) is 7.93. The summed E-state index contributed by atoms with van der Waals surface area (Å²) in [5.74, 6) is 0.943. The van der Waals surface area contributed by atoms with Crippen LogP contribution in [-0.4, -0.2) is 18.7 Å². The van der Waals surface area contributed by atoms with Crippen molar-refractivity contribution >= 4 is 5.97 Å². The molecule has 0 spiro atoms. The number of carbonyl (C=O) groups excluding carboxylic acids is 1. The van der Waals surface area contributed by atoms with Crippen molar-refractivity contribution in [3.8, 4) is 5.75 Å². The summed E-state index contributed by atoms with van der Waals surface area (Å²) in [5.41, 5.74) is 2.50. The van der Waals surface area contributed by atoms with Crippen LogP contribution >= 0.6 is 0 Å². The lowest BCUT2D eigenvalue weighted by atomic mass is 9.98. The van der Waals surface area contributed by atoms with Crippen molar-refractivity contribution in [2.75, 3.05) is 6.61 Å². The molecule has 0 aromatic heterocycles. The van der Waals surface area contributed by atoms with Crippen LogP contribution in [-0.2, 0) is 9.53 Å². The number of rotatable bonds is 7. The number of benzene rings is 1. The van der Waals surface area contributed by atoms with Crippen molar-refractivity contribution in [3.05, 3.63) is 29.3 Å². The van der Waals surface area contributed by atoms with E-state index in [1.807, 2.05) is 26.0 Å². The summed E-state index contributed by atoms with van der Waals surface area (Å²) < 4.78 is 10.9. The molecule has 0 bridgehead atoms. The highest BCUT2D eigenvalue weighted by Crippen LogP contribution is 2.24. The molecular formula is C17H26O3. The third kappa shape index (κ3) is 4.55. The van der Waals surface area contributed by atoms with Crippen LogP contribution in [0.5, 0.6) is 5.75 Å². The summed E-state index contributed by atoms with van der Waals surface area (Å²) in [5, 5.41) is 0. The molecule has 1 aromatic rings. The van der Waals surface area contributed by atoms with Crippen LogP contribution in [0.1, 0.15) is 57.6 Å². The summed E-state index contributed by atoms with van der Waals surface area (Å²) in [6.07, 6.45) is 1.04. The Bertz CT molecular complexity index is 438. The van der Waals surface area contributed by atoms with E-state index in [2.05, 4.69) is 26.8 Å². The number of esters is 1. The van der Waals surface area contributed by atoms with Crippen LogP contribution in [0.3, 0.4) is 0 Å². The zero-order valence-corrected chi connectivity index (χ0v) is 13.2. The van der Waals surface area contributed by atoms with Crippen LogP contribution in [0.4, 0.5) is 0 Å². The average molecular weight is 278 g/mol. The molecule has 0 radical (unpaired) electrons. The first kappa shape index (κ1) is 16.5. The molecule has 0 amide bonds. The van der Waals surface area contributed by atoms with Crippen molar-refractivity contribution in [1.82, 2.24) is 0 Å². The van der Waals surface area contributed by atoms with Crippen molar-refractivity contribution in [3.63, 3.8) is 0 Å². The molecule has 1 rings (SSSR count). The van der Waals surface area contributed by atoms with Gasteiger partial charge in [0.25, 0.3) is 0 Å². The van der Waals surface area contributed by atoms with Gasteiger partial charge in [0.1, 0.15) is 5.75 Å². The van der Waals surface area contributed by atoms with Crippen LogP contribution in [0, 0.1) is 6.92 Å². The van der Waals surface area contributed by atoms with Crippen molar-refractivity contribution in [2.45, 2.75) is 59.5 Å². The second-order valence-electron chi connectivity index (χ2n) is 5.32. The Morgan fingerprint density at radius 3 is 2.45 bits per heavy atom. The Hall–Kier alpha value is -1.51. The molecule has 0 N–H and O–H groups in total. The molecule has 20 heavy (non-hydrogen) atoms. The maximum Gasteiger partial charge on any atom is 0.347 e. The topological polar surface area (TPSA) is 35.5 Å². The highest BCUT2D eigenvalue weighted by atomic mass is 16.6. The van der Waals surface area contributed by atoms with Gasteiger partial charge in [-0.25, -0.2) is 4.79 Å². The summed E-state index contributed by atoms with van der Waals surface area (Å²) in [6, 6.07) is 6.00. The number of aryl methyl sites for hydroxylation is 1. The number of ether oxygens (including phenoxy) is 2. The highest BCUT2D eigenvalue weighted by molar-refractivity contribution is 5.75. The molecular weight excluding hydrogens is 252 g/mol. The summed E-state index contributed by atoms with van der Waals surface area (Å²) in [7, 11) is 0. The summed E-state index contributed by atoms with van der Waals surface area (Å²) in [4.78, 5) is 11.9. The number of carbonyl (C=O) groups is 1. The molecule has 1 unspecified atom stereocenters. The molecule has 1 atom stereocenters. The van der Waals surface area contributed by atoms with E-state index in [-0.39, 0.29) is 5.97 Å². The lowest BCUT2D eigenvalue weighted by molar-refractivity contribution is -0.151. The Kier molecular flexibility index (Phi) is 6.56. The van der Waals surface area contributed by atoms with Gasteiger partial charge in [0, 0.05) is 0 Å². The van der Waals surface area contributed by atoms with Crippen molar-refractivity contribution in [1.29, 1.82) is 0 Å². The fourth-order valence-corrected chi connectivity index (χ4v) is 2.26. The standard InChI is InChI=1S/C17H26O3/c1-6-8-16(17(18)19-7-2)20-14-9-10-15(12(3)4)13(5)11-14/h9-12,16H,6-8H2,1-5H3. The third-order valence-electron chi connectivity index (χ3n) is 3.24. The molecule has 112 valence electrons. The van der Waals surface area contributed by atoms with E-state index in [0.717, 1.165) is 12.2 Å². The fourth-order valence-electron chi connectivity index (χ4n) is 2.26. The van der Waals surface area contributed by atoms with Gasteiger partial charge in [0.05, 0.1) is 6.61 Å². The molecule has 0 aliphatic heterocycles. The minimum Gasteiger partial charge on any atom is -0.479 e. The van der Waals surface area contributed by atoms with E-state index in [9.17, 15) is 4.79 Å². The molecule has 0 aliphatic rings. The maximum absolute atomic E-state index is 11.9. The van der Waals surface area contributed by atoms with E-state index in [1.165, 1.54) is 11.1 Å². The van der Waals surface area contributed by atoms with Crippen LogP contribution in [0.15, 0.2) is 18.2 Å². The van der Waals surface area contributed by atoms with E-state index in [1.54, 1.807) is 0 Å². The molecule has 0 aliphatic carbocycles. The summed E-state index contributed by atoms with van der Waals surface area (Å²) >= 11 is 0. The van der Waals surface area contributed by atoms with Gasteiger partial charge in [0.2, 0.25) is 0 Å². The SMILES string of the molecule is CCCC(Oc1ccc(C(C)C)c(C)c1)C(=O)OCC. The fraction of sp³-hybridized carbons (Fsp3) is 0.588. The van der Waals surface area contributed by atoms with Crippen molar-refractivity contribution in [2.24, 2.45) is 0 Å². The van der Waals surface area contributed by atoms with Gasteiger partial charge in [-0.2, -0.15) is 0 Å².